The van der Waals surface area contributed by atoms with E-state index >= 15 is 0 Å². The van der Waals surface area contributed by atoms with Gasteiger partial charge >= 0.3 is 5.97 Å². The summed E-state index contributed by atoms with van der Waals surface area (Å²) in [5.74, 6) is -0.976. The highest BCUT2D eigenvalue weighted by Gasteiger charge is 2.22. The zero-order valence-electron chi connectivity index (χ0n) is 14.9. The average molecular weight is 365 g/mol. The topological polar surface area (TPSA) is 79.0 Å². The Kier molecular flexibility index (Phi) is 7.53. The second-order valence-corrected chi connectivity index (χ2v) is 6.02. The van der Waals surface area contributed by atoms with Crippen molar-refractivity contribution in [2.75, 3.05) is 44.6 Å². The fraction of sp³-hybridized carbons (Fsp3) is 0.500. The molecule has 1 N–H and O–H groups in total. The van der Waals surface area contributed by atoms with Crippen LogP contribution in [0.3, 0.4) is 0 Å². The minimum atomic E-state index is -0.364. The normalized spacial score (nSPS) is 14.8. The second kappa shape index (κ2) is 9.86. The highest BCUT2D eigenvalue weighted by molar-refractivity contribution is 5.92. The van der Waals surface area contributed by atoms with Crippen molar-refractivity contribution in [1.82, 2.24) is 9.80 Å². The lowest BCUT2D eigenvalue weighted by molar-refractivity contribution is -0.146. The molecule has 0 aliphatic carbocycles. The molecule has 8 heteroatoms. The maximum Gasteiger partial charge on any atom is 0.306 e. The minimum absolute atomic E-state index is 0.0755. The summed E-state index contributed by atoms with van der Waals surface area (Å²) in [6, 6.07) is 5.59. The quantitative estimate of drug-likeness (QED) is 0.736. The lowest BCUT2D eigenvalue weighted by Gasteiger charge is -2.34. The number of ether oxygens (including phenoxy) is 1. The third kappa shape index (κ3) is 6.44. The van der Waals surface area contributed by atoms with Gasteiger partial charge in [-0.05, 0) is 31.2 Å². The summed E-state index contributed by atoms with van der Waals surface area (Å²) >= 11 is 0. The molecule has 2 amide bonds. The Balaban J connectivity index is 1.69. The Morgan fingerprint density at radius 3 is 2.35 bits per heavy atom. The molecule has 1 heterocycles. The number of hydrogen-bond donors (Lipinski definition) is 1. The molecule has 2 rings (SSSR count). The molecule has 0 radical (unpaired) electrons. The number of anilines is 1. The Bertz CT molecular complexity index is 628. The van der Waals surface area contributed by atoms with Crippen molar-refractivity contribution < 1.29 is 23.5 Å². The first-order chi connectivity index (χ1) is 12.5. The molecule has 142 valence electrons. The lowest BCUT2D eigenvalue weighted by Crippen LogP contribution is -2.50. The van der Waals surface area contributed by atoms with Crippen molar-refractivity contribution in [1.29, 1.82) is 0 Å². The van der Waals surface area contributed by atoms with Crippen molar-refractivity contribution in [2.24, 2.45) is 0 Å². The van der Waals surface area contributed by atoms with E-state index in [1.54, 1.807) is 11.8 Å². The van der Waals surface area contributed by atoms with E-state index in [4.69, 9.17) is 4.74 Å². The molecule has 7 nitrogen and oxygen atoms in total. The predicted molar refractivity (Wildman–Crippen MR) is 93.9 cm³/mol. The van der Waals surface area contributed by atoms with Crippen LogP contribution in [0.25, 0.3) is 0 Å². The molecule has 26 heavy (non-hydrogen) atoms. The fourth-order valence-corrected chi connectivity index (χ4v) is 2.69. The van der Waals surface area contributed by atoms with Crippen LogP contribution in [0, 0.1) is 5.82 Å². The van der Waals surface area contributed by atoms with Crippen molar-refractivity contribution in [2.45, 2.75) is 19.8 Å². The van der Waals surface area contributed by atoms with Gasteiger partial charge in [0.15, 0.2) is 0 Å². The van der Waals surface area contributed by atoms with E-state index in [-0.39, 0.29) is 43.0 Å². The summed E-state index contributed by atoms with van der Waals surface area (Å²) in [4.78, 5) is 39.1. The second-order valence-electron chi connectivity index (χ2n) is 6.02. The zero-order valence-corrected chi connectivity index (χ0v) is 14.9. The Morgan fingerprint density at radius 2 is 1.73 bits per heavy atom. The number of nitrogens with one attached hydrogen (secondary N) is 1. The summed E-state index contributed by atoms with van der Waals surface area (Å²) in [6.45, 7) is 4.46. The first-order valence-corrected chi connectivity index (χ1v) is 8.69. The number of carbonyl (C=O) groups excluding carboxylic acids is 3. The number of carbonyl (C=O) groups is 3. The van der Waals surface area contributed by atoms with Gasteiger partial charge in [-0.1, -0.05) is 0 Å². The van der Waals surface area contributed by atoms with Gasteiger partial charge in [0.2, 0.25) is 11.8 Å². The van der Waals surface area contributed by atoms with Gasteiger partial charge in [0.05, 0.1) is 19.6 Å². The Labute approximate surface area is 152 Å². The summed E-state index contributed by atoms with van der Waals surface area (Å²) in [6.07, 6.45) is 0.233. The summed E-state index contributed by atoms with van der Waals surface area (Å²) in [5, 5.41) is 2.72. The van der Waals surface area contributed by atoms with Gasteiger partial charge in [0.25, 0.3) is 0 Å². The molecule has 0 atom stereocenters. The van der Waals surface area contributed by atoms with Crippen LogP contribution in [0.1, 0.15) is 19.8 Å². The van der Waals surface area contributed by atoms with Crippen LogP contribution in [0.2, 0.25) is 0 Å². The van der Waals surface area contributed by atoms with Crippen molar-refractivity contribution in [3.63, 3.8) is 0 Å². The number of benzene rings is 1. The Morgan fingerprint density at radius 1 is 1.08 bits per heavy atom. The molecule has 0 aromatic heterocycles. The molecule has 0 spiro atoms. The number of piperazine rings is 1. The number of amides is 2. The standard InChI is InChI=1S/C18H24FN3O4/c1-2-26-18(25)8-7-17(24)22-11-9-21(10-12-22)13-16(23)20-15-5-3-14(19)4-6-15/h3-6H,2,7-13H2,1H3,(H,20,23). The summed E-state index contributed by atoms with van der Waals surface area (Å²) < 4.78 is 17.7. The highest BCUT2D eigenvalue weighted by Crippen LogP contribution is 2.09. The Hall–Kier alpha value is -2.48. The van der Waals surface area contributed by atoms with Gasteiger partial charge in [-0.2, -0.15) is 0 Å². The molecule has 1 aliphatic rings. The van der Waals surface area contributed by atoms with Crippen molar-refractivity contribution in [3.05, 3.63) is 30.1 Å². The van der Waals surface area contributed by atoms with E-state index in [2.05, 4.69) is 5.32 Å². The van der Waals surface area contributed by atoms with E-state index in [0.717, 1.165) is 0 Å². The molecule has 0 unspecified atom stereocenters. The number of hydrogen-bond acceptors (Lipinski definition) is 5. The third-order valence-electron chi connectivity index (χ3n) is 4.07. The van der Waals surface area contributed by atoms with Crippen molar-refractivity contribution in [3.8, 4) is 0 Å². The molecule has 1 aliphatic heterocycles. The van der Waals surface area contributed by atoms with E-state index in [1.165, 1.54) is 24.3 Å². The van der Waals surface area contributed by atoms with Gasteiger partial charge in [-0.15, -0.1) is 0 Å². The van der Waals surface area contributed by atoms with Crippen LogP contribution < -0.4 is 5.32 Å². The van der Waals surface area contributed by atoms with E-state index < -0.39 is 0 Å². The number of nitrogens with zero attached hydrogens (tertiary/aromatic N) is 2. The minimum Gasteiger partial charge on any atom is -0.466 e. The van der Waals surface area contributed by atoms with Crippen LogP contribution in [-0.2, 0) is 19.1 Å². The molecule has 0 bridgehead atoms. The molecule has 1 aromatic carbocycles. The van der Waals surface area contributed by atoms with Gasteiger partial charge < -0.3 is 15.0 Å². The number of halogens is 1. The molecule has 1 aromatic rings. The number of rotatable bonds is 7. The first-order valence-electron chi connectivity index (χ1n) is 8.69. The van der Waals surface area contributed by atoms with Crippen molar-refractivity contribution >= 4 is 23.5 Å². The van der Waals surface area contributed by atoms with Crippen LogP contribution in [-0.4, -0.2) is 66.9 Å². The molecular weight excluding hydrogens is 341 g/mol. The van der Waals surface area contributed by atoms with Crippen LogP contribution in [0.15, 0.2) is 24.3 Å². The maximum atomic E-state index is 12.9. The van der Waals surface area contributed by atoms with Crippen LogP contribution in [0.4, 0.5) is 10.1 Å². The maximum absolute atomic E-state index is 12.9. The monoisotopic (exact) mass is 365 g/mol. The molecule has 1 fully saturated rings. The first kappa shape index (κ1) is 19.8. The van der Waals surface area contributed by atoms with Gasteiger partial charge in [0, 0.05) is 38.3 Å². The van der Waals surface area contributed by atoms with Crippen LogP contribution >= 0.6 is 0 Å². The lowest BCUT2D eigenvalue weighted by atomic mass is 10.2. The SMILES string of the molecule is CCOC(=O)CCC(=O)N1CCN(CC(=O)Nc2ccc(F)cc2)CC1. The van der Waals surface area contributed by atoms with E-state index in [0.29, 0.717) is 38.5 Å². The molecule has 0 saturated carbocycles. The van der Waals surface area contributed by atoms with E-state index in [9.17, 15) is 18.8 Å². The average Bonchev–Trinajstić information content (AvgIpc) is 2.62. The smallest absolute Gasteiger partial charge is 0.306 e. The van der Waals surface area contributed by atoms with Gasteiger partial charge in [-0.3, -0.25) is 19.3 Å². The summed E-state index contributed by atoms with van der Waals surface area (Å²) in [7, 11) is 0. The fourth-order valence-electron chi connectivity index (χ4n) is 2.69. The van der Waals surface area contributed by atoms with Crippen LogP contribution in [0.5, 0.6) is 0 Å². The highest BCUT2D eigenvalue weighted by atomic mass is 19.1. The molecule has 1 saturated heterocycles. The van der Waals surface area contributed by atoms with E-state index in [1.807, 2.05) is 4.90 Å². The molecular formula is C18H24FN3O4. The number of esters is 1. The summed E-state index contributed by atoms with van der Waals surface area (Å²) in [5.41, 5.74) is 0.546. The van der Waals surface area contributed by atoms with Gasteiger partial charge in [0.1, 0.15) is 5.82 Å². The largest absolute Gasteiger partial charge is 0.466 e. The third-order valence-corrected chi connectivity index (χ3v) is 4.07. The predicted octanol–water partition coefficient (Wildman–Crippen LogP) is 1.25. The zero-order chi connectivity index (χ0) is 18.9. The van der Waals surface area contributed by atoms with Gasteiger partial charge in [-0.25, -0.2) is 4.39 Å².